The number of nitrogens with zero attached hydrogens (tertiary/aromatic N) is 4. The third kappa shape index (κ3) is 4.70. The summed E-state index contributed by atoms with van der Waals surface area (Å²) in [4.78, 5) is 15.3. The number of para-hydroxylation sites is 2. The molecule has 9 aromatic rings. The van der Waals surface area contributed by atoms with Gasteiger partial charge in [0.2, 0.25) is 0 Å². The Hall–Kier alpha value is -5.65. The van der Waals surface area contributed by atoms with E-state index in [2.05, 4.69) is 165 Å². The maximum Gasteiger partial charge on any atom is 0.165 e. The van der Waals surface area contributed by atoms with Crippen molar-refractivity contribution in [3.8, 4) is 39.9 Å². The van der Waals surface area contributed by atoms with E-state index in [9.17, 15) is 0 Å². The number of hydrogen-bond acceptors (Lipinski definition) is 4. The fourth-order valence-electron chi connectivity index (χ4n) is 6.76. The fraction of sp³-hybridized carbons (Fsp3) is 0.0930. The molecule has 0 aliphatic rings. The van der Waals surface area contributed by atoms with E-state index in [4.69, 9.17) is 15.0 Å². The Balaban J connectivity index is 1.21. The second kappa shape index (κ2) is 11.0. The van der Waals surface area contributed by atoms with Crippen LogP contribution in [0.5, 0.6) is 0 Å². The van der Waals surface area contributed by atoms with Gasteiger partial charge in [0.25, 0.3) is 0 Å². The monoisotopic (exact) mass is 636 g/mol. The van der Waals surface area contributed by atoms with E-state index < -0.39 is 0 Å². The van der Waals surface area contributed by atoms with Crippen LogP contribution < -0.4 is 0 Å². The minimum atomic E-state index is 0.0584. The van der Waals surface area contributed by atoms with Crippen molar-refractivity contribution in [3.05, 3.63) is 145 Å². The summed E-state index contributed by atoms with van der Waals surface area (Å²) in [6.07, 6.45) is 0. The topological polar surface area (TPSA) is 43.6 Å². The Kier molecular flexibility index (Phi) is 6.53. The van der Waals surface area contributed by atoms with Gasteiger partial charge in [0.15, 0.2) is 17.5 Å². The Morgan fingerprint density at radius 3 is 1.62 bits per heavy atom. The molecule has 0 radical (unpaired) electrons. The summed E-state index contributed by atoms with van der Waals surface area (Å²) in [6, 6.07) is 49.4. The molecule has 0 amide bonds. The average Bonchev–Trinajstić information content (AvgIpc) is 3.67. The third-order valence-corrected chi connectivity index (χ3v) is 10.5. The smallest absolute Gasteiger partial charge is 0.165 e. The second-order valence-corrected chi connectivity index (χ2v) is 14.4. The molecular formula is C43H32N4S. The highest BCUT2D eigenvalue weighted by Crippen LogP contribution is 2.40. The summed E-state index contributed by atoms with van der Waals surface area (Å²) >= 11 is 1.79. The van der Waals surface area contributed by atoms with Gasteiger partial charge in [-0.05, 0) is 59.5 Å². The van der Waals surface area contributed by atoms with Crippen molar-refractivity contribution in [2.24, 2.45) is 0 Å². The predicted molar refractivity (Wildman–Crippen MR) is 202 cm³/mol. The Labute approximate surface area is 283 Å². The van der Waals surface area contributed by atoms with Gasteiger partial charge in [-0.1, -0.05) is 112 Å². The zero-order chi connectivity index (χ0) is 32.4. The Morgan fingerprint density at radius 2 is 1.00 bits per heavy atom. The standard InChI is InChI=1S/C43H32N4S/c1-43(2,3)29-23-19-27(20-24-29)40-44-41(46-42(45-40)35-15-10-14-34-33-13-6-9-18-38(33)48-39(34)35)28-21-25-30(26-22-28)47-36-16-7-4-11-31(36)32-12-5-8-17-37(32)47/h4-26H,1-3H3. The van der Waals surface area contributed by atoms with Gasteiger partial charge in [-0.15, -0.1) is 11.3 Å². The number of aromatic nitrogens is 4. The first-order valence-electron chi connectivity index (χ1n) is 16.3. The van der Waals surface area contributed by atoms with Gasteiger partial charge >= 0.3 is 0 Å². The van der Waals surface area contributed by atoms with Gasteiger partial charge in [0, 0.05) is 53.3 Å². The lowest BCUT2D eigenvalue weighted by atomic mass is 9.87. The SMILES string of the molecule is CC(C)(C)c1ccc(-c2nc(-c3ccc(-n4c5ccccc5c5ccccc54)cc3)nc(-c3cccc4c3sc3ccccc34)n2)cc1. The first-order valence-corrected chi connectivity index (χ1v) is 17.1. The number of benzene rings is 6. The molecule has 9 rings (SSSR count). The molecule has 0 N–H and O–H groups in total. The molecule has 0 spiro atoms. The normalized spacial score (nSPS) is 12.1. The van der Waals surface area contributed by atoms with Crippen LogP contribution in [0.4, 0.5) is 0 Å². The Morgan fingerprint density at radius 1 is 0.479 bits per heavy atom. The molecule has 0 saturated heterocycles. The van der Waals surface area contributed by atoms with Crippen LogP contribution >= 0.6 is 11.3 Å². The molecule has 3 aromatic heterocycles. The van der Waals surface area contributed by atoms with Crippen LogP contribution in [0.2, 0.25) is 0 Å². The summed E-state index contributed by atoms with van der Waals surface area (Å²) in [5, 5.41) is 4.97. The van der Waals surface area contributed by atoms with E-state index >= 15 is 0 Å². The molecular weight excluding hydrogens is 605 g/mol. The highest BCUT2D eigenvalue weighted by Gasteiger charge is 2.19. The van der Waals surface area contributed by atoms with Crippen molar-refractivity contribution < 1.29 is 0 Å². The van der Waals surface area contributed by atoms with Crippen LogP contribution in [0.15, 0.2) is 140 Å². The lowest BCUT2D eigenvalue weighted by Gasteiger charge is -2.19. The quantitative estimate of drug-likeness (QED) is 0.193. The van der Waals surface area contributed by atoms with Gasteiger partial charge < -0.3 is 4.57 Å². The van der Waals surface area contributed by atoms with E-state index in [1.807, 2.05) is 0 Å². The minimum absolute atomic E-state index is 0.0584. The van der Waals surface area contributed by atoms with Crippen molar-refractivity contribution in [3.63, 3.8) is 0 Å². The van der Waals surface area contributed by atoms with Gasteiger partial charge in [0.05, 0.1) is 11.0 Å². The zero-order valence-electron chi connectivity index (χ0n) is 27.0. The van der Waals surface area contributed by atoms with Gasteiger partial charge in [-0.25, -0.2) is 15.0 Å². The van der Waals surface area contributed by atoms with E-state index in [0.717, 1.165) is 22.4 Å². The van der Waals surface area contributed by atoms with Crippen LogP contribution in [-0.2, 0) is 5.41 Å². The first-order chi connectivity index (χ1) is 23.4. The molecule has 0 atom stereocenters. The average molecular weight is 637 g/mol. The predicted octanol–water partition coefficient (Wildman–Crippen LogP) is 11.6. The zero-order valence-corrected chi connectivity index (χ0v) is 27.8. The molecule has 5 heteroatoms. The number of rotatable bonds is 4. The van der Waals surface area contributed by atoms with Crippen LogP contribution in [-0.4, -0.2) is 19.5 Å². The van der Waals surface area contributed by atoms with Crippen molar-refractivity contribution in [1.29, 1.82) is 0 Å². The maximum atomic E-state index is 5.15. The molecule has 0 fully saturated rings. The van der Waals surface area contributed by atoms with Gasteiger partial charge in [0.1, 0.15) is 0 Å². The number of thiophene rings is 1. The molecule has 4 nitrogen and oxygen atoms in total. The minimum Gasteiger partial charge on any atom is -0.309 e. The third-order valence-electron chi connectivity index (χ3n) is 9.25. The van der Waals surface area contributed by atoms with E-state index in [-0.39, 0.29) is 5.41 Å². The van der Waals surface area contributed by atoms with Crippen LogP contribution in [0, 0.1) is 0 Å². The molecule has 230 valence electrons. The van der Waals surface area contributed by atoms with E-state index in [0.29, 0.717) is 17.5 Å². The summed E-state index contributed by atoms with van der Waals surface area (Å²) < 4.78 is 4.77. The molecule has 0 saturated carbocycles. The summed E-state index contributed by atoms with van der Waals surface area (Å²) in [5.74, 6) is 2.00. The summed E-state index contributed by atoms with van der Waals surface area (Å²) in [5.41, 5.74) is 7.74. The largest absolute Gasteiger partial charge is 0.309 e. The van der Waals surface area contributed by atoms with E-state index in [1.54, 1.807) is 11.3 Å². The van der Waals surface area contributed by atoms with Gasteiger partial charge in [-0.3, -0.25) is 0 Å². The molecule has 0 bridgehead atoms. The van der Waals surface area contributed by atoms with Crippen molar-refractivity contribution >= 4 is 53.3 Å². The van der Waals surface area contributed by atoms with Crippen LogP contribution in [0.1, 0.15) is 26.3 Å². The summed E-state index contributed by atoms with van der Waals surface area (Å²) in [6.45, 7) is 6.70. The molecule has 0 aliphatic heterocycles. The van der Waals surface area contributed by atoms with Crippen LogP contribution in [0.25, 0.3) is 81.8 Å². The number of hydrogen-bond donors (Lipinski definition) is 0. The summed E-state index contributed by atoms with van der Waals surface area (Å²) in [7, 11) is 0. The lowest BCUT2D eigenvalue weighted by Crippen LogP contribution is -2.10. The lowest BCUT2D eigenvalue weighted by molar-refractivity contribution is 0.590. The molecule has 0 unspecified atom stereocenters. The molecule has 3 heterocycles. The highest BCUT2D eigenvalue weighted by atomic mass is 32.1. The van der Waals surface area contributed by atoms with Crippen molar-refractivity contribution in [2.75, 3.05) is 0 Å². The highest BCUT2D eigenvalue weighted by molar-refractivity contribution is 7.26. The van der Waals surface area contributed by atoms with E-state index in [1.165, 1.54) is 47.5 Å². The molecule has 48 heavy (non-hydrogen) atoms. The van der Waals surface area contributed by atoms with Crippen molar-refractivity contribution in [1.82, 2.24) is 19.5 Å². The van der Waals surface area contributed by atoms with Crippen LogP contribution in [0.3, 0.4) is 0 Å². The first kappa shape index (κ1) is 28.6. The maximum absolute atomic E-state index is 5.15. The molecule has 6 aromatic carbocycles. The fourth-order valence-corrected chi connectivity index (χ4v) is 7.97. The second-order valence-electron chi connectivity index (χ2n) is 13.3. The van der Waals surface area contributed by atoms with Crippen molar-refractivity contribution in [2.45, 2.75) is 26.2 Å². The molecule has 0 aliphatic carbocycles. The Bertz CT molecular complexity index is 2590. The van der Waals surface area contributed by atoms with Gasteiger partial charge in [-0.2, -0.15) is 0 Å². The number of fused-ring (bicyclic) bond motifs is 6.